The number of methoxy groups -OCH3 is 1. The Morgan fingerprint density at radius 3 is 2.73 bits per heavy atom. The average molecular weight is 445 g/mol. The van der Waals surface area contributed by atoms with E-state index in [9.17, 15) is 9.18 Å². The van der Waals surface area contributed by atoms with Crippen LogP contribution in [-0.2, 0) is 13.1 Å². The highest BCUT2D eigenvalue weighted by atomic mass is 19.1. The SMILES string of the molecule is COc1ccc2c(c1)c1ncn(Cc3nc(C4CC4)no3)c(=O)c1n2Cc1ccc(F)cc1. The van der Waals surface area contributed by atoms with Crippen LogP contribution >= 0.6 is 0 Å². The molecule has 5 aromatic rings. The summed E-state index contributed by atoms with van der Waals surface area (Å²) in [6, 6.07) is 11.9. The first-order valence-electron chi connectivity index (χ1n) is 10.7. The molecule has 0 bridgehead atoms. The third kappa shape index (κ3) is 3.45. The normalized spacial score (nSPS) is 13.8. The zero-order valence-electron chi connectivity index (χ0n) is 17.9. The highest BCUT2D eigenvalue weighted by molar-refractivity contribution is 6.06. The van der Waals surface area contributed by atoms with Gasteiger partial charge in [-0.3, -0.25) is 9.36 Å². The van der Waals surface area contributed by atoms with E-state index in [1.54, 1.807) is 19.2 Å². The molecule has 1 saturated carbocycles. The Kier molecular flexibility index (Phi) is 4.49. The molecule has 0 aliphatic heterocycles. The lowest BCUT2D eigenvalue weighted by Gasteiger charge is -2.09. The number of ether oxygens (including phenoxy) is 1. The van der Waals surface area contributed by atoms with Crippen LogP contribution in [0.25, 0.3) is 21.9 Å². The van der Waals surface area contributed by atoms with Gasteiger partial charge in [-0.05, 0) is 48.7 Å². The molecule has 1 aliphatic carbocycles. The van der Waals surface area contributed by atoms with Gasteiger partial charge in [0, 0.05) is 17.8 Å². The first-order chi connectivity index (χ1) is 16.1. The van der Waals surface area contributed by atoms with Gasteiger partial charge in [-0.25, -0.2) is 9.37 Å². The number of halogens is 1. The molecule has 33 heavy (non-hydrogen) atoms. The quantitative estimate of drug-likeness (QED) is 0.394. The summed E-state index contributed by atoms with van der Waals surface area (Å²) in [4.78, 5) is 22.6. The van der Waals surface area contributed by atoms with E-state index in [0.29, 0.717) is 41.0 Å². The second kappa shape index (κ2) is 7.54. The van der Waals surface area contributed by atoms with E-state index in [2.05, 4.69) is 15.1 Å². The molecule has 0 spiro atoms. The maximum absolute atomic E-state index is 13.6. The summed E-state index contributed by atoms with van der Waals surface area (Å²) in [5, 5.41) is 4.84. The number of aromatic nitrogens is 5. The predicted octanol–water partition coefficient (Wildman–Crippen LogP) is 3.86. The zero-order chi connectivity index (χ0) is 22.5. The Hall–Kier alpha value is -4.01. The second-order valence-electron chi connectivity index (χ2n) is 8.29. The summed E-state index contributed by atoms with van der Waals surface area (Å²) in [5.74, 6) is 1.81. The van der Waals surface area contributed by atoms with Gasteiger partial charge in [0.25, 0.3) is 5.56 Å². The molecule has 0 amide bonds. The number of nitrogens with zero attached hydrogens (tertiary/aromatic N) is 5. The van der Waals surface area contributed by atoms with E-state index in [1.807, 2.05) is 22.8 Å². The van der Waals surface area contributed by atoms with E-state index in [1.165, 1.54) is 23.0 Å². The fourth-order valence-electron chi connectivity index (χ4n) is 4.14. The minimum atomic E-state index is -0.306. The molecule has 0 radical (unpaired) electrons. The van der Waals surface area contributed by atoms with Crippen molar-refractivity contribution in [2.45, 2.75) is 31.8 Å². The monoisotopic (exact) mass is 445 g/mol. The van der Waals surface area contributed by atoms with Gasteiger partial charge in [0.1, 0.15) is 29.1 Å². The zero-order valence-corrected chi connectivity index (χ0v) is 17.9. The van der Waals surface area contributed by atoms with Crippen LogP contribution in [0.3, 0.4) is 0 Å². The molecule has 166 valence electrons. The standard InChI is InChI=1S/C24H20FN5O3/c1-32-17-8-9-19-18(10-17)21-22(30(19)11-14-2-6-16(25)7-3-14)24(31)29(13-26-21)12-20-27-23(28-33-20)15-4-5-15/h2-3,6-10,13,15H,4-5,11-12H2,1H3. The van der Waals surface area contributed by atoms with Gasteiger partial charge >= 0.3 is 0 Å². The van der Waals surface area contributed by atoms with E-state index < -0.39 is 0 Å². The Morgan fingerprint density at radius 1 is 1.15 bits per heavy atom. The molecule has 3 heterocycles. The van der Waals surface area contributed by atoms with Crippen molar-refractivity contribution in [2.24, 2.45) is 0 Å². The minimum Gasteiger partial charge on any atom is -0.497 e. The Bertz CT molecular complexity index is 1550. The predicted molar refractivity (Wildman–Crippen MR) is 119 cm³/mol. The van der Waals surface area contributed by atoms with Crippen LogP contribution in [0.4, 0.5) is 4.39 Å². The molecule has 0 N–H and O–H groups in total. The molecule has 0 atom stereocenters. The second-order valence-corrected chi connectivity index (χ2v) is 8.29. The highest BCUT2D eigenvalue weighted by Gasteiger charge is 2.29. The molecule has 1 fully saturated rings. The summed E-state index contributed by atoms with van der Waals surface area (Å²) >= 11 is 0. The summed E-state index contributed by atoms with van der Waals surface area (Å²) in [7, 11) is 1.60. The summed E-state index contributed by atoms with van der Waals surface area (Å²) in [5.41, 5.74) is 2.52. The van der Waals surface area contributed by atoms with Crippen molar-refractivity contribution in [3.05, 3.63) is 82.2 Å². The molecule has 0 saturated heterocycles. The van der Waals surface area contributed by atoms with Crippen LogP contribution in [0, 0.1) is 5.82 Å². The number of benzene rings is 2. The maximum atomic E-state index is 13.6. The van der Waals surface area contributed by atoms with Crippen LogP contribution in [-0.4, -0.2) is 31.4 Å². The van der Waals surface area contributed by atoms with Crippen molar-refractivity contribution < 1.29 is 13.7 Å². The molecule has 2 aromatic carbocycles. The van der Waals surface area contributed by atoms with Crippen LogP contribution in [0.5, 0.6) is 5.75 Å². The molecular formula is C24H20FN5O3. The maximum Gasteiger partial charge on any atom is 0.278 e. The van der Waals surface area contributed by atoms with E-state index in [4.69, 9.17) is 9.26 Å². The summed E-state index contributed by atoms with van der Waals surface area (Å²) < 4.78 is 27.6. The summed E-state index contributed by atoms with van der Waals surface area (Å²) in [6.45, 7) is 0.531. The van der Waals surface area contributed by atoms with Gasteiger partial charge in [-0.15, -0.1) is 0 Å². The van der Waals surface area contributed by atoms with Crippen molar-refractivity contribution in [3.8, 4) is 5.75 Å². The molecule has 9 heteroatoms. The lowest BCUT2D eigenvalue weighted by Crippen LogP contribution is -2.23. The fraction of sp³-hybridized carbons (Fsp3) is 0.250. The third-order valence-electron chi connectivity index (χ3n) is 6.02. The van der Waals surface area contributed by atoms with Gasteiger partial charge in [0.2, 0.25) is 5.89 Å². The van der Waals surface area contributed by atoms with Crippen LogP contribution < -0.4 is 10.3 Å². The van der Waals surface area contributed by atoms with Gasteiger partial charge in [0.15, 0.2) is 5.82 Å². The molecule has 6 rings (SSSR count). The van der Waals surface area contributed by atoms with Crippen molar-refractivity contribution >= 4 is 21.9 Å². The van der Waals surface area contributed by atoms with Crippen LogP contribution in [0.2, 0.25) is 0 Å². The molecular weight excluding hydrogens is 425 g/mol. The fourth-order valence-corrected chi connectivity index (χ4v) is 4.14. The Balaban J connectivity index is 1.50. The van der Waals surface area contributed by atoms with E-state index >= 15 is 0 Å². The number of hydrogen-bond donors (Lipinski definition) is 0. The Labute approximate surface area is 187 Å². The first-order valence-corrected chi connectivity index (χ1v) is 10.7. The minimum absolute atomic E-state index is 0.142. The number of hydrogen-bond acceptors (Lipinski definition) is 6. The lowest BCUT2D eigenvalue weighted by atomic mass is 10.2. The number of fused-ring (bicyclic) bond motifs is 3. The smallest absolute Gasteiger partial charge is 0.278 e. The molecule has 8 nitrogen and oxygen atoms in total. The average Bonchev–Trinajstić information content (AvgIpc) is 3.50. The van der Waals surface area contributed by atoms with Crippen molar-refractivity contribution in [1.29, 1.82) is 0 Å². The van der Waals surface area contributed by atoms with Gasteiger partial charge in [0.05, 0.1) is 19.0 Å². The number of rotatable bonds is 6. The summed E-state index contributed by atoms with van der Waals surface area (Å²) in [6.07, 6.45) is 3.64. The Morgan fingerprint density at radius 2 is 1.97 bits per heavy atom. The van der Waals surface area contributed by atoms with Crippen LogP contribution in [0.15, 0.2) is 58.1 Å². The molecule has 1 aliphatic rings. The largest absolute Gasteiger partial charge is 0.497 e. The highest BCUT2D eigenvalue weighted by Crippen LogP contribution is 2.38. The van der Waals surface area contributed by atoms with Crippen LogP contribution in [0.1, 0.15) is 36.0 Å². The van der Waals surface area contributed by atoms with E-state index in [0.717, 1.165) is 29.3 Å². The first kappa shape index (κ1) is 19.7. The van der Waals surface area contributed by atoms with Crippen molar-refractivity contribution in [1.82, 2.24) is 24.3 Å². The molecule has 0 unspecified atom stereocenters. The van der Waals surface area contributed by atoms with Crippen molar-refractivity contribution in [2.75, 3.05) is 7.11 Å². The molecule has 3 aromatic heterocycles. The van der Waals surface area contributed by atoms with Crippen molar-refractivity contribution in [3.63, 3.8) is 0 Å². The third-order valence-corrected chi connectivity index (χ3v) is 6.02. The lowest BCUT2D eigenvalue weighted by molar-refractivity contribution is 0.364. The topological polar surface area (TPSA) is 88.0 Å². The van der Waals surface area contributed by atoms with E-state index in [-0.39, 0.29) is 17.9 Å². The van der Waals surface area contributed by atoms with Gasteiger partial charge in [-0.2, -0.15) is 4.98 Å². The van der Waals surface area contributed by atoms with Gasteiger partial charge < -0.3 is 13.8 Å². The van der Waals surface area contributed by atoms with Gasteiger partial charge in [-0.1, -0.05) is 17.3 Å².